The van der Waals surface area contributed by atoms with Crippen molar-refractivity contribution in [2.45, 2.75) is 49.0 Å². The van der Waals surface area contributed by atoms with Crippen molar-refractivity contribution in [3.63, 3.8) is 0 Å². The Morgan fingerprint density at radius 2 is 2.25 bits per heavy atom. The van der Waals surface area contributed by atoms with Gasteiger partial charge in [0, 0.05) is 38.3 Å². The van der Waals surface area contributed by atoms with Gasteiger partial charge in [-0.25, -0.2) is 4.98 Å². The van der Waals surface area contributed by atoms with Gasteiger partial charge in [0.05, 0.1) is 6.54 Å². The zero-order chi connectivity index (χ0) is 16.6. The minimum atomic E-state index is -3.54. The first-order chi connectivity index (χ1) is 11.6. The topological polar surface area (TPSA) is 77.5 Å². The molecule has 7 heteroatoms. The van der Waals surface area contributed by atoms with Crippen LogP contribution in [0.4, 0.5) is 0 Å². The number of pyridine rings is 1. The van der Waals surface area contributed by atoms with Crippen LogP contribution in [-0.2, 0) is 14.6 Å². The second kappa shape index (κ2) is 6.37. The standard InChI is InChI=1S/C17H25N3O3S/c21-24(22)15-7-4-9-18-16(15)23-17(12-19-24)8-10-20(13-17)11-14-5-2-1-3-6-14/h4,7,9,14H,1-3,5-6,8,10-13H2,(H-,19,21,22). The maximum Gasteiger partial charge on any atom is 0.272 e. The van der Waals surface area contributed by atoms with E-state index in [0.29, 0.717) is 6.54 Å². The third-order valence-corrected chi connectivity index (χ3v) is 6.97. The predicted octanol–water partition coefficient (Wildman–Crippen LogP) is 1.99. The first-order valence-corrected chi connectivity index (χ1v) is 10.4. The van der Waals surface area contributed by atoms with Crippen LogP contribution in [0, 0.1) is 5.92 Å². The normalized spacial score (nSPS) is 34.7. The number of hydrogen-bond acceptors (Lipinski definition) is 5. The van der Waals surface area contributed by atoms with Gasteiger partial charge in [-0.05, 0) is 24.8 Å². The fraction of sp³-hybridized carbons (Fsp3) is 0.706. The Morgan fingerprint density at radius 1 is 1.42 bits per heavy atom. The molecule has 4 rings (SSSR count). The average Bonchev–Trinajstić information content (AvgIpc) is 2.92. The summed E-state index contributed by atoms with van der Waals surface area (Å²) < 4.78 is 33.7. The Hall–Kier alpha value is -1.02. The smallest absolute Gasteiger partial charge is 0.272 e. The maximum absolute atomic E-state index is 12.4. The Labute approximate surface area is 144 Å². The van der Waals surface area contributed by atoms with Gasteiger partial charge in [-0.1, -0.05) is 23.5 Å². The lowest BCUT2D eigenvalue weighted by atomic mass is 9.89. The summed E-state index contributed by atoms with van der Waals surface area (Å²) >= 11 is 0. The van der Waals surface area contributed by atoms with Crippen molar-refractivity contribution in [2.24, 2.45) is 5.92 Å². The van der Waals surface area contributed by atoms with Crippen molar-refractivity contribution < 1.29 is 13.5 Å². The third-order valence-electron chi connectivity index (χ3n) is 5.56. The van der Waals surface area contributed by atoms with Crippen molar-refractivity contribution in [1.29, 1.82) is 0 Å². The number of ether oxygens (including phenoxy) is 1. The van der Waals surface area contributed by atoms with E-state index in [0.717, 1.165) is 32.0 Å². The molecule has 1 aliphatic carbocycles. The van der Waals surface area contributed by atoms with E-state index in [1.54, 1.807) is 18.3 Å². The highest BCUT2D eigenvalue weighted by Gasteiger charge is 2.46. The molecule has 2 atom stereocenters. The molecule has 1 saturated heterocycles. The van der Waals surface area contributed by atoms with E-state index in [9.17, 15) is 8.76 Å². The summed E-state index contributed by atoms with van der Waals surface area (Å²) in [6, 6.07) is 3.18. The molecule has 24 heavy (non-hydrogen) atoms. The molecule has 1 spiro atoms. The van der Waals surface area contributed by atoms with Gasteiger partial charge in [-0.15, -0.1) is 4.72 Å². The van der Waals surface area contributed by atoms with Gasteiger partial charge in [0.1, 0.15) is 5.60 Å². The van der Waals surface area contributed by atoms with E-state index in [1.165, 1.54) is 32.1 Å². The van der Waals surface area contributed by atoms with Crippen LogP contribution in [0.2, 0.25) is 0 Å². The Balaban J connectivity index is 1.49. The first-order valence-electron chi connectivity index (χ1n) is 8.92. The number of aromatic nitrogens is 1. The van der Waals surface area contributed by atoms with Crippen molar-refractivity contribution in [2.75, 3.05) is 26.2 Å². The molecule has 132 valence electrons. The van der Waals surface area contributed by atoms with Crippen LogP contribution in [-0.4, -0.2) is 46.2 Å². The Bertz CT molecular complexity index is 650. The van der Waals surface area contributed by atoms with Crippen LogP contribution >= 0.6 is 0 Å². The van der Waals surface area contributed by atoms with E-state index >= 15 is 0 Å². The second-order valence-corrected chi connectivity index (χ2v) is 9.14. The van der Waals surface area contributed by atoms with Crippen LogP contribution in [0.25, 0.3) is 0 Å². The van der Waals surface area contributed by atoms with Crippen molar-refractivity contribution in [3.05, 3.63) is 18.3 Å². The molecule has 0 aromatic carbocycles. The lowest BCUT2D eigenvalue weighted by Gasteiger charge is -2.30. The highest BCUT2D eigenvalue weighted by atomic mass is 32.3. The van der Waals surface area contributed by atoms with Gasteiger partial charge in [-0.2, -0.15) is 0 Å². The minimum absolute atomic E-state index is 0.146. The van der Waals surface area contributed by atoms with Gasteiger partial charge < -0.3 is 9.29 Å². The molecule has 0 bridgehead atoms. The summed E-state index contributed by atoms with van der Waals surface area (Å²) in [5.41, 5.74) is -0.499. The predicted molar refractivity (Wildman–Crippen MR) is 90.3 cm³/mol. The Kier molecular flexibility index (Phi) is 4.36. The molecule has 2 unspecified atom stereocenters. The third kappa shape index (κ3) is 3.22. The van der Waals surface area contributed by atoms with E-state index < -0.39 is 16.0 Å². The van der Waals surface area contributed by atoms with E-state index in [4.69, 9.17) is 4.74 Å². The fourth-order valence-electron chi connectivity index (χ4n) is 4.25. The van der Waals surface area contributed by atoms with Gasteiger partial charge in [-0.3, -0.25) is 4.90 Å². The molecular formula is C17H25N3O3S. The van der Waals surface area contributed by atoms with E-state index in [2.05, 4.69) is 14.6 Å². The van der Waals surface area contributed by atoms with Crippen LogP contribution in [0.3, 0.4) is 0 Å². The van der Waals surface area contributed by atoms with Crippen LogP contribution in [0.15, 0.2) is 23.2 Å². The highest BCUT2D eigenvalue weighted by molar-refractivity contribution is 7.95. The molecular weight excluding hydrogens is 326 g/mol. The zero-order valence-corrected chi connectivity index (χ0v) is 14.7. The molecule has 3 aliphatic rings. The van der Waals surface area contributed by atoms with E-state index in [1.807, 2.05) is 0 Å². The molecule has 0 radical (unpaired) electrons. The molecule has 1 N–H and O–H groups in total. The van der Waals surface area contributed by atoms with Gasteiger partial charge in [0.2, 0.25) is 4.90 Å². The van der Waals surface area contributed by atoms with Crippen molar-refractivity contribution in [3.8, 4) is 5.88 Å². The summed E-state index contributed by atoms with van der Waals surface area (Å²) in [6.07, 6.45) is 9.12. The monoisotopic (exact) mass is 351 g/mol. The second-order valence-electron chi connectivity index (χ2n) is 7.41. The average molecular weight is 351 g/mol. The van der Waals surface area contributed by atoms with Gasteiger partial charge in [0.15, 0.2) is 10.4 Å². The summed E-state index contributed by atoms with van der Waals surface area (Å²) in [6.45, 7) is 3.14. The molecule has 1 aromatic rings. The number of likely N-dealkylation sites (tertiary alicyclic amines) is 1. The largest absolute Gasteiger partial charge is 0.593 e. The van der Waals surface area contributed by atoms with Crippen molar-refractivity contribution >= 4 is 10.4 Å². The van der Waals surface area contributed by atoms with Crippen LogP contribution in [0.5, 0.6) is 5.88 Å². The molecule has 1 saturated carbocycles. The highest BCUT2D eigenvalue weighted by Crippen LogP contribution is 2.35. The van der Waals surface area contributed by atoms with Crippen LogP contribution in [0.1, 0.15) is 38.5 Å². The van der Waals surface area contributed by atoms with E-state index in [-0.39, 0.29) is 10.8 Å². The Morgan fingerprint density at radius 3 is 3.08 bits per heavy atom. The summed E-state index contributed by atoms with van der Waals surface area (Å²) in [7, 11) is -3.54. The minimum Gasteiger partial charge on any atom is -0.593 e. The molecule has 3 heterocycles. The molecule has 6 nitrogen and oxygen atoms in total. The maximum atomic E-state index is 12.4. The lowest BCUT2D eigenvalue weighted by molar-refractivity contribution is 0.0722. The summed E-state index contributed by atoms with van der Waals surface area (Å²) in [5, 5.41) is 0. The summed E-state index contributed by atoms with van der Waals surface area (Å²) in [4.78, 5) is 6.76. The van der Waals surface area contributed by atoms with Crippen molar-refractivity contribution in [1.82, 2.24) is 14.6 Å². The fourth-order valence-corrected chi connectivity index (χ4v) is 5.44. The molecule has 0 amide bonds. The molecule has 2 fully saturated rings. The SMILES string of the molecule is O=[S+]1([O-])NCC2(CCN(CC3CCCCC3)C2)Oc2ncccc21. The number of rotatable bonds is 2. The van der Waals surface area contributed by atoms with Crippen LogP contribution < -0.4 is 9.46 Å². The number of hydrogen-bond donors (Lipinski definition) is 1. The summed E-state index contributed by atoms with van der Waals surface area (Å²) in [5.74, 6) is 1.02. The number of nitrogens with zero attached hydrogens (tertiary/aromatic N) is 2. The number of fused-ring (bicyclic) bond motifs is 1. The van der Waals surface area contributed by atoms with Gasteiger partial charge in [0.25, 0.3) is 5.88 Å². The first kappa shape index (κ1) is 16.4. The molecule has 2 aliphatic heterocycles. The quantitative estimate of drug-likeness (QED) is 0.825. The molecule has 1 aromatic heterocycles. The zero-order valence-electron chi connectivity index (χ0n) is 13.9. The lowest BCUT2D eigenvalue weighted by Crippen LogP contribution is -2.48. The van der Waals surface area contributed by atoms with Gasteiger partial charge >= 0.3 is 0 Å². The number of sulfonamides is 1. The number of nitrogens with one attached hydrogen (secondary N) is 1.